The Bertz CT molecular complexity index is 333. The first-order valence-corrected chi connectivity index (χ1v) is 14.0. The topological polar surface area (TPSA) is 44.8 Å². The Balaban J connectivity index is 4.45. The van der Waals surface area contributed by atoms with Crippen molar-refractivity contribution in [3.05, 3.63) is 0 Å². The SMILES string of the molecule is CCC(CC)CCCOP(=O)(OCCCC(CC)CC)OCCCC(CC)CC. The average molecular weight is 435 g/mol. The first-order valence-electron chi connectivity index (χ1n) is 12.5. The van der Waals surface area contributed by atoms with E-state index in [-0.39, 0.29) is 0 Å². The number of phosphoric ester groups is 1. The molecule has 0 aromatic rings. The molecule has 0 N–H and O–H groups in total. The van der Waals surface area contributed by atoms with Crippen molar-refractivity contribution in [1.82, 2.24) is 0 Å². The van der Waals surface area contributed by atoms with E-state index in [0.29, 0.717) is 19.8 Å². The van der Waals surface area contributed by atoms with E-state index in [1.165, 1.54) is 38.5 Å². The van der Waals surface area contributed by atoms with E-state index in [9.17, 15) is 4.57 Å². The molecule has 0 unspecified atom stereocenters. The predicted molar refractivity (Wildman–Crippen MR) is 125 cm³/mol. The first-order chi connectivity index (χ1) is 14.0. The van der Waals surface area contributed by atoms with Crippen LogP contribution in [-0.2, 0) is 18.1 Å². The Labute approximate surface area is 182 Å². The van der Waals surface area contributed by atoms with Gasteiger partial charge in [-0.25, -0.2) is 4.57 Å². The summed E-state index contributed by atoms with van der Waals surface area (Å²) in [6.45, 7) is 14.7. The van der Waals surface area contributed by atoms with Gasteiger partial charge in [-0.2, -0.15) is 0 Å². The summed E-state index contributed by atoms with van der Waals surface area (Å²) in [6, 6.07) is 0. The van der Waals surface area contributed by atoms with Gasteiger partial charge in [0.05, 0.1) is 19.8 Å². The summed E-state index contributed by atoms with van der Waals surface area (Å²) in [5, 5.41) is 0. The third kappa shape index (κ3) is 14.7. The van der Waals surface area contributed by atoms with Crippen molar-refractivity contribution in [2.75, 3.05) is 19.8 Å². The molecule has 29 heavy (non-hydrogen) atoms. The van der Waals surface area contributed by atoms with Crippen molar-refractivity contribution in [2.45, 2.75) is 119 Å². The number of rotatable bonds is 21. The molecule has 0 aliphatic carbocycles. The smallest absolute Gasteiger partial charge is 0.287 e. The molecule has 0 radical (unpaired) electrons. The molecule has 0 saturated carbocycles. The van der Waals surface area contributed by atoms with Gasteiger partial charge in [0.25, 0.3) is 0 Å². The molecule has 0 aliphatic heterocycles. The summed E-state index contributed by atoms with van der Waals surface area (Å²) in [6.07, 6.45) is 13.2. The largest absolute Gasteiger partial charge is 0.474 e. The minimum atomic E-state index is -3.45. The van der Waals surface area contributed by atoms with Crippen molar-refractivity contribution < 1.29 is 18.1 Å². The van der Waals surface area contributed by atoms with Crippen LogP contribution in [0, 0.1) is 17.8 Å². The molecule has 5 heteroatoms. The normalized spacial score (nSPS) is 12.6. The first kappa shape index (κ1) is 29.1. The van der Waals surface area contributed by atoms with Gasteiger partial charge in [-0.05, 0) is 56.3 Å². The summed E-state index contributed by atoms with van der Waals surface area (Å²) in [5.41, 5.74) is 0. The van der Waals surface area contributed by atoms with Crippen molar-refractivity contribution >= 4 is 7.82 Å². The van der Waals surface area contributed by atoms with E-state index < -0.39 is 7.82 Å². The van der Waals surface area contributed by atoms with Gasteiger partial charge in [-0.1, -0.05) is 80.1 Å². The molecule has 0 rings (SSSR count). The highest BCUT2D eigenvalue weighted by Crippen LogP contribution is 2.50. The van der Waals surface area contributed by atoms with Crippen LogP contribution in [0.3, 0.4) is 0 Å². The van der Waals surface area contributed by atoms with Gasteiger partial charge in [-0.15, -0.1) is 0 Å². The summed E-state index contributed by atoms with van der Waals surface area (Å²) < 4.78 is 30.2. The second-order valence-corrected chi connectivity index (χ2v) is 10.1. The molecule has 0 aromatic heterocycles. The van der Waals surface area contributed by atoms with Crippen molar-refractivity contribution in [3.63, 3.8) is 0 Å². The van der Waals surface area contributed by atoms with Gasteiger partial charge < -0.3 is 0 Å². The molecule has 0 heterocycles. The fourth-order valence-electron chi connectivity index (χ4n) is 3.85. The number of hydrogen-bond donors (Lipinski definition) is 0. The van der Waals surface area contributed by atoms with Crippen LogP contribution in [0.25, 0.3) is 0 Å². The van der Waals surface area contributed by atoms with Crippen LogP contribution in [0.2, 0.25) is 0 Å². The lowest BCUT2D eigenvalue weighted by molar-refractivity contribution is 0.105. The molecule has 0 bridgehead atoms. The standard InChI is InChI=1S/C24H51O4P/c1-7-22(8-2)16-13-19-26-29(25,27-20-14-17-23(9-3)10-4)28-21-15-18-24(11-5)12-6/h22-24H,7-21H2,1-6H3. The highest BCUT2D eigenvalue weighted by atomic mass is 31.2. The maximum atomic E-state index is 13.1. The maximum Gasteiger partial charge on any atom is 0.474 e. The van der Waals surface area contributed by atoms with Gasteiger partial charge >= 0.3 is 7.82 Å². The van der Waals surface area contributed by atoms with Crippen LogP contribution in [0.5, 0.6) is 0 Å². The molecule has 0 atom stereocenters. The monoisotopic (exact) mass is 434 g/mol. The quantitative estimate of drug-likeness (QED) is 0.134. The van der Waals surface area contributed by atoms with Crippen molar-refractivity contribution in [1.29, 1.82) is 0 Å². The Kier molecular flexibility index (Phi) is 18.9. The lowest BCUT2D eigenvalue weighted by Gasteiger charge is -2.20. The lowest BCUT2D eigenvalue weighted by Crippen LogP contribution is -2.07. The minimum Gasteiger partial charge on any atom is -0.287 e. The molecule has 0 spiro atoms. The van der Waals surface area contributed by atoms with E-state index >= 15 is 0 Å². The zero-order valence-electron chi connectivity index (χ0n) is 20.4. The summed E-state index contributed by atoms with van der Waals surface area (Å²) >= 11 is 0. The second-order valence-electron chi connectivity index (χ2n) is 8.42. The van der Waals surface area contributed by atoms with Crippen LogP contribution in [0.4, 0.5) is 0 Å². The second kappa shape index (κ2) is 18.8. The van der Waals surface area contributed by atoms with E-state index in [0.717, 1.165) is 56.3 Å². The molecule has 176 valence electrons. The Morgan fingerprint density at radius 1 is 0.517 bits per heavy atom. The summed E-state index contributed by atoms with van der Waals surface area (Å²) in [5.74, 6) is 2.17. The molecular formula is C24H51O4P. The molecule has 0 aliphatic rings. The molecule has 0 aromatic carbocycles. The summed E-state index contributed by atoms with van der Waals surface area (Å²) in [7, 11) is -3.45. The fraction of sp³-hybridized carbons (Fsp3) is 1.00. The Morgan fingerprint density at radius 2 is 0.759 bits per heavy atom. The maximum absolute atomic E-state index is 13.1. The van der Waals surface area contributed by atoms with E-state index in [2.05, 4.69) is 41.5 Å². The molecule has 0 fully saturated rings. The van der Waals surface area contributed by atoms with Crippen LogP contribution in [0.1, 0.15) is 119 Å². The van der Waals surface area contributed by atoms with Crippen molar-refractivity contribution in [2.24, 2.45) is 17.8 Å². The fourth-order valence-corrected chi connectivity index (χ4v) is 5.13. The van der Waals surface area contributed by atoms with Crippen LogP contribution < -0.4 is 0 Å². The Morgan fingerprint density at radius 3 is 0.966 bits per heavy atom. The Hall–Kier alpha value is 0.110. The van der Waals surface area contributed by atoms with Crippen LogP contribution in [-0.4, -0.2) is 19.8 Å². The van der Waals surface area contributed by atoms with E-state index in [1.807, 2.05) is 0 Å². The van der Waals surface area contributed by atoms with Gasteiger partial charge in [-0.3, -0.25) is 13.6 Å². The number of hydrogen-bond acceptors (Lipinski definition) is 4. The average Bonchev–Trinajstić information content (AvgIpc) is 2.74. The highest BCUT2D eigenvalue weighted by molar-refractivity contribution is 7.48. The molecule has 4 nitrogen and oxygen atoms in total. The van der Waals surface area contributed by atoms with Gasteiger partial charge in [0.15, 0.2) is 0 Å². The van der Waals surface area contributed by atoms with Crippen LogP contribution in [0.15, 0.2) is 0 Å². The number of phosphoric acid groups is 1. The van der Waals surface area contributed by atoms with Gasteiger partial charge in [0.2, 0.25) is 0 Å². The zero-order valence-corrected chi connectivity index (χ0v) is 21.3. The molecule has 0 saturated heterocycles. The van der Waals surface area contributed by atoms with E-state index in [4.69, 9.17) is 13.6 Å². The predicted octanol–water partition coefficient (Wildman–Crippen LogP) is 8.79. The van der Waals surface area contributed by atoms with E-state index in [1.54, 1.807) is 0 Å². The molecular weight excluding hydrogens is 383 g/mol. The van der Waals surface area contributed by atoms with Crippen LogP contribution >= 0.6 is 7.82 Å². The third-order valence-electron chi connectivity index (χ3n) is 6.48. The van der Waals surface area contributed by atoms with Crippen molar-refractivity contribution in [3.8, 4) is 0 Å². The van der Waals surface area contributed by atoms with Gasteiger partial charge in [0, 0.05) is 0 Å². The van der Waals surface area contributed by atoms with Gasteiger partial charge in [0.1, 0.15) is 0 Å². The third-order valence-corrected chi connectivity index (χ3v) is 7.98. The molecule has 0 amide bonds. The zero-order chi connectivity index (χ0) is 22.0. The lowest BCUT2D eigenvalue weighted by atomic mass is 9.98. The summed E-state index contributed by atoms with van der Waals surface area (Å²) in [4.78, 5) is 0. The highest BCUT2D eigenvalue weighted by Gasteiger charge is 2.26. The minimum absolute atomic E-state index is 0.451.